The van der Waals surface area contributed by atoms with Crippen LogP contribution in [0.2, 0.25) is 0 Å². The van der Waals surface area contributed by atoms with Gasteiger partial charge in [0.25, 0.3) is 0 Å². The van der Waals surface area contributed by atoms with Gasteiger partial charge >= 0.3 is 0 Å². The summed E-state index contributed by atoms with van der Waals surface area (Å²) in [4.78, 5) is 12.8. The van der Waals surface area contributed by atoms with Crippen molar-refractivity contribution in [1.29, 1.82) is 0 Å². The smallest absolute Gasteiger partial charge is 0.242 e. The predicted molar refractivity (Wildman–Crippen MR) is 114 cm³/mol. The molecule has 0 fully saturated rings. The summed E-state index contributed by atoms with van der Waals surface area (Å²) < 4.78 is 1.65. The number of carbonyl (C=O) groups excluding carboxylic acids is 1. The number of hydrogen-bond donors (Lipinski definition) is 1. The van der Waals surface area contributed by atoms with Gasteiger partial charge in [-0.25, -0.2) is 4.68 Å². The number of hydrogen-bond acceptors (Lipinski definition) is 3. The molecule has 29 heavy (non-hydrogen) atoms. The van der Waals surface area contributed by atoms with Crippen LogP contribution < -0.4 is 5.32 Å². The highest BCUT2D eigenvalue weighted by Crippen LogP contribution is 2.20. The van der Waals surface area contributed by atoms with E-state index in [0.717, 1.165) is 35.9 Å². The van der Waals surface area contributed by atoms with E-state index in [0.29, 0.717) is 0 Å². The van der Waals surface area contributed by atoms with Gasteiger partial charge in [0.15, 0.2) is 0 Å². The van der Waals surface area contributed by atoms with Crippen molar-refractivity contribution in [2.45, 2.75) is 31.8 Å². The van der Waals surface area contributed by atoms with Gasteiger partial charge < -0.3 is 5.32 Å². The normalized spacial score (nSPS) is 12.0. The molecule has 0 aliphatic rings. The maximum atomic E-state index is 12.8. The number of fused-ring (bicyclic) bond motifs is 1. The summed E-state index contributed by atoms with van der Waals surface area (Å²) in [6.07, 6.45) is 2.87. The highest BCUT2D eigenvalue weighted by molar-refractivity contribution is 5.80. The summed E-state index contributed by atoms with van der Waals surface area (Å²) >= 11 is 0. The van der Waals surface area contributed by atoms with Gasteiger partial charge in [0.2, 0.25) is 5.91 Å². The number of para-hydroxylation sites is 1. The SMILES string of the molecule is O=C(Cn1nnc2ccccc21)NC(CCCc1ccccc1)c1ccccc1. The van der Waals surface area contributed by atoms with E-state index in [1.54, 1.807) is 4.68 Å². The minimum Gasteiger partial charge on any atom is -0.348 e. The van der Waals surface area contributed by atoms with Crippen LogP contribution in [0.5, 0.6) is 0 Å². The van der Waals surface area contributed by atoms with Crippen LogP contribution in [0.4, 0.5) is 0 Å². The lowest BCUT2D eigenvalue weighted by molar-refractivity contribution is -0.122. The van der Waals surface area contributed by atoms with Gasteiger partial charge in [-0.1, -0.05) is 78.0 Å². The Kier molecular flexibility index (Phi) is 5.95. The second kappa shape index (κ2) is 9.15. The number of aromatic nitrogens is 3. The van der Waals surface area contributed by atoms with Crippen LogP contribution in [-0.2, 0) is 17.8 Å². The topological polar surface area (TPSA) is 59.8 Å². The van der Waals surface area contributed by atoms with E-state index in [2.05, 4.69) is 52.0 Å². The second-order valence-corrected chi connectivity index (χ2v) is 7.14. The Balaban J connectivity index is 1.42. The van der Waals surface area contributed by atoms with Crippen molar-refractivity contribution in [1.82, 2.24) is 20.3 Å². The monoisotopic (exact) mass is 384 g/mol. The van der Waals surface area contributed by atoms with Crippen molar-refractivity contribution in [2.24, 2.45) is 0 Å². The zero-order valence-corrected chi connectivity index (χ0v) is 16.2. The van der Waals surface area contributed by atoms with E-state index in [9.17, 15) is 4.79 Å². The summed E-state index contributed by atoms with van der Waals surface area (Å²) in [6, 6.07) is 28.2. The van der Waals surface area contributed by atoms with Crippen LogP contribution in [0.15, 0.2) is 84.9 Å². The fourth-order valence-electron chi connectivity index (χ4n) is 3.57. The Hall–Kier alpha value is -3.47. The number of nitrogens with zero attached hydrogens (tertiary/aromatic N) is 3. The third-order valence-electron chi connectivity index (χ3n) is 5.05. The van der Waals surface area contributed by atoms with Gasteiger partial charge in [0.1, 0.15) is 12.1 Å². The number of nitrogens with one attached hydrogen (secondary N) is 1. The van der Waals surface area contributed by atoms with Gasteiger partial charge in [-0.3, -0.25) is 4.79 Å². The molecule has 1 aromatic heterocycles. The maximum absolute atomic E-state index is 12.8. The Morgan fingerprint density at radius 2 is 1.59 bits per heavy atom. The Labute approximate surface area is 170 Å². The van der Waals surface area contributed by atoms with Crippen molar-refractivity contribution >= 4 is 16.9 Å². The highest BCUT2D eigenvalue weighted by Gasteiger charge is 2.16. The highest BCUT2D eigenvalue weighted by atomic mass is 16.2. The largest absolute Gasteiger partial charge is 0.348 e. The Morgan fingerprint density at radius 3 is 2.38 bits per heavy atom. The molecule has 0 aliphatic heterocycles. The molecule has 5 heteroatoms. The molecule has 0 bridgehead atoms. The molecule has 1 unspecified atom stereocenters. The van der Waals surface area contributed by atoms with Crippen molar-refractivity contribution in [2.75, 3.05) is 0 Å². The molecule has 1 atom stereocenters. The fourth-order valence-corrected chi connectivity index (χ4v) is 3.57. The first-order valence-corrected chi connectivity index (χ1v) is 9.96. The summed E-state index contributed by atoms with van der Waals surface area (Å²) in [6.45, 7) is 0.155. The molecule has 0 radical (unpaired) electrons. The van der Waals surface area contributed by atoms with Crippen LogP contribution >= 0.6 is 0 Å². The van der Waals surface area contributed by atoms with E-state index in [-0.39, 0.29) is 18.5 Å². The van der Waals surface area contributed by atoms with Crippen LogP contribution in [0, 0.1) is 0 Å². The fraction of sp³-hybridized carbons (Fsp3) is 0.208. The Bertz CT molecular complexity index is 1060. The summed E-state index contributed by atoms with van der Waals surface area (Å²) in [7, 11) is 0. The molecule has 5 nitrogen and oxygen atoms in total. The maximum Gasteiger partial charge on any atom is 0.242 e. The average molecular weight is 384 g/mol. The molecule has 0 spiro atoms. The molecule has 4 aromatic rings. The molecule has 0 saturated heterocycles. The van der Waals surface area contributed by atoms with Crippen molar-refractivity contribution in [3.8, 4) is 0 Å². The first-order chi connectivity index (χ1) is 14.3. The van der Waals surface area contributed by atoms with Gasteiger partial charge in [-0.2, -0.15) is 0 Å². The molecular formula is C24H24N4O. The second-order valence-electron chi connectivity index (χ2n) is 7.14. The van der Waals surface area contributed by atoms with E-state index in [4.69, 9.17) is 0 Å². The number of benzene rings is 3. The lowest BCUT2D eigenvalue weighted by atomic mass is 9.99. The van der Waals surface area contributed by atoms with Crippen molar-refractivity contribution in [3.63, 3.8) is 0 Å². The van der Waals surface area contributed by atoms with Crippen LogP contribution in [0.25, 0.3) is 11.0 Å². The quantitative estimate of drug-likeness (QED) is 0.492. The van der Waals surface area contributed by atoms with Crippen molar-refractivity contribution < 1.29 is 4.79 Å². The third-order valence-corrected chi connectivity index (χ3v) is 5.05. The zero-order valence-electron chi connectivity index (χ0n) is 16.2. The number of aryl methyl sites for hydroxylation is 1. The Morgan fingerprint density at radius 1 is 0.897 bits per heavy atom. The van der Waals surface area contributed by atoms with E-state index >= 15 is 0 Å². The summed E-state index contributed by atoms with van der Waals surface area (Å²) in [5.74, 6) is -0.0609. The van der Waals surface area contributed by atoms with E-state index in [1.807, 2.05) is 48.5 Å². The third kappa shape index (κ3) is 4.88. The van der Waals surface area contributed by atoms with Crippen LogP contribution in [0.3, 0.4) is 0 Å². The first kappa shape index (κ1) is 18.9. The van der Waals surface area contributed by atoms with Gasteiger partial charge in [-0.15, -0.1) is 5.10 Å². The van der Waals surface area contributed by atoms with Crippen LogP contribution in [0.1, 0.15) is 30.0 Å². The zero-order chi connectivity index (χ0) is 19.9. The number of carbonyl (C=O) groups is 1. The summed E-state index contributed by atoms with van der Waals surface area (Å²) in [5, 5.41) is 11.4. The molecule has 1 heterocycles. The van der Waals surface area contributed by atoms with E-state index in [1.165, 1.54) is 5.56 Å². The minimum absolute atomic E-state index is 0.0257. The lowest BCUT2D eigenvalue weighted by Gasteiger charge is -2.19. The van der Waals surface area contributed by atoms with Crippen molar-refractivity contribution in [3.05, 3.63) is 96.1 Å². The first-order valence-electron chi connectivity index (χ1n) is 9.96. The predicted octanol–water partition coefficient (Wildman–Crippen LogP) is 4.31. The molecule has 1 N–H and O–H groups in total. The summed E-state index contributed by atoms with van der Waals surface area (Å²) in [5.41, 5.74) is 4.10. The van der Waals surface area contributed by atoms with Gasteiger partial charge in [0, 0.05) is 0 Å². The lowest BCUT2D eigenvalue weighted by Crippen LogP contribution is -2.32. The van der Waals surface area contributed by atoms with E-state index < -0.39 is 0 Å². The molecule has 1 amide bonds. The number of rotatable bonds is 8. The molecule has 0 aliphatic carbocycles. The average Bonchev–Trinajstić information content (AvgIpc) is 3.17. The van der Waals surface area contributed by atoms with Crippen LogP contribution in [-0.4, -0.2) is 20.9 Å². The minimum atomic E-state index is -0.0609. The molecule has 3 aromatic carbocycles. The number of amides is 1. The standard InChI is InChI=1S/C24H24N4O/c29-24(18-28-23-17-8-7-15-22(23)26-27-28)25-21(20-13-5-2-6-14-20)16-9-12-19-10-3-1-4-11-19/h1-8,10-11,13-15,17,21H,9,12,16,18H2,(H,25,29). The van der Waals surface area contributed by atoms with Gasteiger partial charge in [0.05, 0.1) is 11.6 Å². The van der Waals surface area contributed by atoms with Gasteiger partial charge in [-0.05, 0) is 42.5 Å². The molecule has 146 valence electrons. The molecule has 4 rings (SSSR count). The molecular weight excluding hydrogens is 360 g/mol. The molecule has 0 saturated carbocycles.